The van der Waals surface area contributed by atoms with Gasteiger partial charge < -0.3 is 14.6 Å². The number of nitrogens with zero attached hydrogens (tertiary/aromatic N) is 4. The molecule has 2 fully saturated rings. The van der Waals surface area contributed by atoms with Gasteiger partial charge in [0, 0.05) is 17.9 Å². The summed E-state index contributed by atoms with van der Waals surface area (Å²) in [5.41, 5.74) is 8.80. The molecule has 2 N–H and O–H groups in total. The molecule has 11 heteroatoms. The van der Waals surface area contributed by atoms with Crippen molar-refractivity contribution in [1.29, 1.82) is 0 Å². The lowest BCUT2D eigenvalue weighted by atomic mass is 10.0. The summed E-state index contributed by atoms with van der Waals surface area (Å²) in [4.78, 5) is 27.7. The van der Waals surface area contributed by atoms with Crippen molar-refractivity contribution in [2.75, 3.05) is 13.2 Å². The Morgan fingerprint density at radius 2 is 1.62 bits per heavy atom. The highest BCUT2D eigenvalue weighted by molar-refractivity contribution is 6.36. The molecule has 0 aromatic carbocycles. The van der Waals surface area contributed by atoms with Crippen LogP contribution < -0.4 is 5.32 Å². The second kappa shape index (κ2) is 17.1. The van der Waals surface area contributed by atoms with Gasteiger partial charge in [0.1, 0.15) is 6.23 Å². The maximum Gasteiger partial charge on any atom is 0.328 e. The fourth-order valence-corrected chi connectivity index (χ4v) is 5.23. The number of nitrogens with one attached hydrogen (secondary N) is 1. The third kappa shape index (κ3) is 9.91. The molecule has 0 bridgehead atoms. The smallest absolute Gasteiger partial charge is 0.328 e. The van der Waals surface area contributed by atoms with Crippen molar-refractivity contribution < 1.29 is 24.2 Å². The van der Waals surface area contributed by atoms with E-state index in [9.17, 15) is 14.7 Å². The van der Waals surface area contributed by atoms with Crippen molar-refractivity contribution >= 4 is 23.5 Å². The molecule has 212 valence electrons. The Morgan fingerprint density at radius 3 is 2.14 bits per heavy atom. The molecule has 0 aliphatic carbocycles. The zero-order valence-corrected chi connectivity index (χ0v) is 23.3. The minimum atomic E-state index is -1.52. The monoisotopic (exact) mass is 543 g/mol. The molecule has 0 saturated carbocycles. The summed E-state index contributed by atoms with van der Waals surface area (Å²) in [5, 5.41) is 15.5. The van der Waals surface area contributed by atoms with Crippen LogP contribution in [0.5, 0.6) is 0 Å². The van der Waals surface area contributed by atoms with E-state index >= 15 is 0 Å². The molecule has 2 saturated heterocycles. The molecule has 3 amide bonds. The van der Waals surface area contributed by atoms with Crippen LogP contribution in [0.3, 0.4) is 0 Å². The van der Waals surface area contributed by atoms with E-state index in [-0.39, 0.29) is 13.0 Å². The van der Waals surface area contributed by atoms with Crippen molar-refractivity contribution in [3.05, 3.63) is 10.4 Å². The van der Waals surface area contributed by atoms with Gasteiger partial charge in [-0.3, -0.25) is 15.0 Å². The van der Waals surface area contributed by atoms with E-state index in [4.69, 9.17) is 26.6 Å². The number of imide groups is 1. The first-order valence-electron chi connectivity index (χ1n) is 14.1. The van der Waals surface area contributed by atoms with Crippen molar-refractivity contribution in [2.45, 2.75) is 140 Å². The number of carbonyl (C=O) groups is 2. The zero-order valence-electron chi connectivity index (χ0n) is 22.6. The highest BCUT2D eigenvalue weighted by atomic mass is 35.5. The molecular weight excluding hydrogens is 498 g/mol. The van der Waals surface area contributed by atoms with Crippen molar-refractivity contribution in [2.24, 2.45) is 5.11 Å². The minimum Gasteiger partial charge on any atom is -0.394 e. The summed E-state index contributed by atoms with van der Waals surface area (Å²) in [6, 6.07) is -1.32. The van der Waals surface area contributed by atoms with Gasteiger partial charge in [0.05, 0.1) is 18.8 Å². The Morgan fingerprint density at radius 1 is 1.08 bits per heavy atom. The number of hydrogen-bond acceptors (Lipinski definition) is 6. The molecule has 2 aliphatic rings. The van der Waals surface area contributed by atoms with Gasteiger partial charge in [-0.15, -0.1) is 11.6 Å². The highest BCUT2D eigenvalue weighted by Gasteiger charge is 2.54. The Labute approximate surface area is 226 Å². The lowest BCUT2D eigenvalue weighted by Crippen LogP contribution is -2.69. The van der Waals surface area contributed by atoms with Crippen molar-refractivity contribution in [3.63, 3.8) is 0 Å². The number of hydrogen-bond donors (Lipinski definition) is 2. The van der Waals surface area contributed by atoms with Crippen LogP contribution in [0.25, 0.3) is 10.4 Å². The molecule has 2 heterocycles. The Kier molecular flexibility index (Phi) is 14.6. The van der Waals surface area contributed by atoms with Crippen LogP contribution in [0, 0.1) is 0 Å². The normalized spacial score (nSPS) is 27.8. The molecule has 0 aromatic heterocycles. The van der Waals surface area contributed by atoms with Gasteiger partial charge >= 0.3 is 6.03 Å². The molecule has 5 atom stereocenters. The van der Waals surface area contributed by atoms with Gasteiger partial charge in [0.2, 0.25) is 0 Å². The molecule has 2 rings (SSSR count). The predicted molar refractivity (Wildman–Crippen MR) is 143 cm³/mol. The van der Waals surface area contributed by atoms with Crippen LogP contribution in [0.15, 0.2) is 5.11 Å². The second-order valence-corrected chi connectivity index (χ2v) is 11.2. The topological polar surface area (TPSA) is 137 Å². The largest absolute Gasteiger partial charge is 0.394 e. The van der Waals surface area contributed by atoms with E-state index < -0.39 is 41.4 Å². The van der Waals surface area contributed by atoms with E-state index in [0.717, 1.165) is 19.3 Å². The summed E-state index contributed by atoms with van der Waals surface area (Å²) in [6.07, 6.45) is 15.0. The molecule has 2 aliphatic heterocycles. The number of amides is 3. The Balaban J connectivity index is 1.71. The second-order valence-electron chi connectivity index (χ2n) is 10.4. The quantitative estimate of drug-likeness (QED) is 0.0662. The minimum absolute atomic E-state index is 0.169. The first-order valence-corrected chi connectivity index (χ1v) is 14.5. The summed E-state index contributed by atoms with van der Waals surface area (Å²) in [7, 11) is 0. The number of ether oxygens (including phenoxy) is 2. The molecule has 0 radical (unpaired) electrons. The average Bonchev–Trinajstić information content (AvgIpc) is 3.27. The van der Waals surface area contributed by atoms with Crippen LogP contribution in [-0.2, 0) is 14.3 Å². The average molecular weight is 544 g/mol. The SMILES string of the molecule is CCCCCCCCCCCCCCCCOC1N(C2CC(N=[N+]=[N-])C(CO)O2)C(=O)NC(=O)[C@]1(C)Cl. The maximum atomic E-state index is 12.7. The summed E-state index contributed by atoms with van der Waals surface area (Å²) >= 11 is 6.54. The molecule has 10 nitrogen and oxygen atoms in total. The van der Waals surface area contributed by atoms with Crippen LogP contribution >= 0.6 is 11.6 Å². The van der Waals surface area contributed by atoms with E-state index in [1.54, 1.807) is 0 Å². The van der Waals surface area contributed by atoms with Gasteiger partial charge in [0.25, 0.3) is 5.91 Å². The predicted octanol–water partition coefficient (Wildman–Crippen LogP) is 6.15. The van der Waals surface area contributed by atoms with Crippen LogP contribution in [0.1, 0.15) is 110 Å². The third-order valence-corrected chi connectivity index (χ3v) is 7.64. The molecule has 37 heavy (non-hydrogen) atoms. The van der Waals surface area contributed by atoms with Crippen LogP contribution in [0.2, 0.25) is 0 Å². The molecule has 0 aromatic rings. The summed E-state index contributed by atoms with van der Waals surface area (Å²) < 4.78 is 11.8. The van der Waals surface area contributed by atoms with Gasteiger partial charge in [-0.2, -0.15) is 0 Å². The number of halogens is 1. The first kappa shape index (κ1) is 31.6. The molecule has 4 unspecified atom stereocenters. The third-order valence-electron chi connectivity index (χ3n) is 7.28. The van der Waals surface area contributed by atoms with E-state index in [0.29, 0.717) is 6.61 Å². The van der Waals surface area contributed by atoms with Crippen molar-refractivity contribution in [3.8, 4) is 0 Å². The van der Waals surface area contributed by atoms with Crippen molar-refractivity contribution in [1.82, 2.24) is 10.2 Å². The number of rotatable bonds is 19. The zero-order chi connectivity index (χ0) is 27.1. The summed E-state index contributed by atoms with van der Waals surface area (Å²) in [6.45, 7) is 3.73. The standard InChI is InChI=1S/C26H46ClN5O5/c1-3-4-5-6-7-8-9-10-11-12-13-14-15-16-17-36-24-26(2,27)23(34)29-25(35)32(24)22-18-20(30-31-28)21(19-33)37-22/h20-22,24,33H,3-19H2,1-2H3,(H,29,34,35)/t20?,21?,22?,24?,26-/m0/s1. The first-order chi connectivity index (χ1) is 17.9. The number of carbonyl (C=O) groups excluding carboxylic acids is 2. The number of urea groups is 1. The number of azide groups is 1. The number of alkyl halides is 1. The van der Waals surface area contributed by atoms with Gasteiger partial charge in [-0.25, -0.2) is 4.79 Å². The molecule has 0 spiro atoms. The number of aliphatic hydroxyl groups excluding tert-OH is 1. The lowest BCUT2D eigenvalue weighted by Gasteiger charge is -2.45. The maximum absolute atomic E-state index is 12.7. The highest BCUT2D eigenvalue weighted by Crippen LogP contribution is 2.35. The number of unbranched alkanes of at least 4 members (excludes halogenated alkanes) is 13. The van der Waals surface area contributed by atoms with E-state index in [1.165, 1.54) is 82.5 Å². The fraction of sp³-hybridized carbons (Fsp3) is 0.923. The van der Waals surface area contributed by atoms with Gasteiger partial charge in [0.15, 0.2) is 11.1 Å². The van der Waals surface area contributed by atoms with E-state index in [1.807, 2.05) is 0 Å². The Bertz CT molecular complexity index is 749. The van der Waals surface area contributed by atoms with E-state index in [2.05, 4.69) is 22.3 Å². The Hall–Kier alpha value is -1.58. The fourth-order valence-electron chi connectivity index (χ4n) is 5.01. The van der Waals surface area contributed by atoms with Crippen LogP contribution in [0.4, 0.5) is 4.79 Å². The summed E-state index contributed by atoms with van der Waals surface area (Å²) in [5.74, 6) is -0.635. The van der Waals surface area contributed by atoms with Gasteiger partial charge in [-0.05, 0) is 18.9 Å². The van der Waals surface area contributed by atoms with Crippen LogP contribution in [-0.4, -0.2) is 64.6 Å². The molecular formula is C26H46ClN5O5. The van der Waals surface area contributed by atoms with Gasteiger partial charge in [-0.1, -0.05) is 95.5 Å². The lowest BCUT2D eigenvalue weighted by molar-refractivity contribution is -0.161. The number of aliphatic hydroxyl groups is 1.